The van der Waals surface area contributed by atoms with Crippen LogP contribution >= 0.6 is 7.82 Å². The topological polar surface area (TPSA) is 108 Å². The largest absolute Gasteiger partial charge is 0.472 e. The monoisotopic (exact) mass is 684 g/mol. The number of carbonyl (C=O) groups excluding carboxylic acids is 2. The lowest BCUT2D eigenvalue weighted by Gasteiger charge is -2.24. The Balaban J connectivity index is 4.55. The number of phosphoric ester groups is 1. The number of esters is 2. The average molecular weight is 685 g/mol. The number of unbranched alkanes of at least 4 members (excludes halogenated alkanes) is 9. The van der Waals surface area contributed by atoms with Gasteiger partial charge in [-0.15, -0.1) is 0 Å². The number of hydrogen-bond acceptors (Lipinski definition) is 7. The molecule has 0 saturated heterocycles. The van der Waals surface area contributed by atoms with E-state index in [1.54, 1.807) is 0 Å². The van der Waals surface area contributed by atoms with E-state index in [-0.39, 0.29) is 32.0 Å². The number of carbonyl (C=O) groups is 2. The van der Waals surface area contributed by atoms with Gasteiger partial charge in [-0.3, -0.25) is 18.6 Å². The van der Waals surface area contributed by atoms with E-state index >= 15 is 0 Å². The van der Waals surface area contributed by atoms with Crippen LogP contribution in [0.15, 0.2) is 48.6 Å². The summed E-state index contributed by atoms with van der Waals surface area (Å²) in [4.78, 5) is 35.0. The van der Waals surface area contributed by atoms with Crippen LogP contribution in [-0.2, 0) is 32.7 Å². The van der Waals surface area contributed by atoms with Crippen molar-refractivity contribution in [1.82, 2.24) is 0 Å². The summed E-state index contributed by atoms with van der Waals surface area (Å²) in [5.74, 6) is -0.858. The molecule has 0 saturated carbocycles. The van der Waals surface area contributed by atoms with Gasteiger partial charge < -0.3 is 18.9 Å². The van der Waals surface area contributed by atoms with Gasteiger partial charge in [0.1, 0.15) is 19.8 Å². The smallest absolute Gasteiger partial charge is 0.462 e. The Morgan fingerprint density at radius 2 is 1.21 bits per heavy atom. The fourth-order valence-electron chi connectivity index (χ4n) is 4.30. The molecular weight excluding hydrogens is 617 g/mol. The van der Waals surface area contributed by atoms with Crippen LogP contribution in [0.25, 0.3) is 0 Å². The van der Waals surface area contributed by atoms with Crippen molar-refractivity contribution in [3.63, 3.8) is 0 Å². The number of likely N-dealkylation sites (N-methyl/N-ethyl adjacent to an activating group) is 1. The Hall–Kier alpha value is -2.03. The van der Waals surface area contributed by atoms with Gasteiger partial charge in [0.15, 0.2) is 6.10 Å². The van der Waals surface area contributed by atoms with E-state index in [0.29, 0.717) is 17.4 Å². The second-order valence-electron chi connectivity index (χ2n) is 12.9. The third-order valence-corrected chi connectivity index (χ3v) is 8.11. The molecule has 0 aromatic rings. The van der Waals surface area contributed by atoms with E-state index < -0.39 is 26.5 Å². The van der Waals surface area contributed by atoms with Crippen LogP contribution < -0.4 is 0 Å². The summed E-state index contributed by atoms with van der Waals surface area (Å²) in [6, 6.07) is 0. The quantitative estimate of drug-likeness (QED) is 0.0253. The van der Waals surface area contributed by atoms with Crippen LogP contribution in [0.2, 0.25) is 0 Å². The van der Waals surface area contributed by atoms with Gasteiger partial charge in [-0.2, -0.15) is 0 Å². The molecule has 1 unspecified atom stereocenters. The van der Waals surface area contributed by atoms with Crippen molar-refractivity contribution < 1.29 is 42.1 Å². The van der Waals surface area contributed by atoms with E-state index in [2.05, 4.69) is 62.5 Å². The van der Waals surface area contributed by atoms with Gasteiger partial charge in [0, 0.05) is 12.8 Å². The van der Waals surface area contributed by atoms with Crippen LogP contribution in [0.5, 0.6) is 0 Å². The minimum atomic E-state index is -4.37. The molecule has 0 rings (SSSR count). The third kappa shape index (κ3) is 33.7. The van der Waals surface area contributed by atoms with Gasteiger partial charge in [0.25, 0.3) is 0 Å². The predicted octanol–water partition coefficient (Wildman–Crippen LogP) is 9.18. The molecule has 0 aromatic carbocycles. The van der Waals surface area contributed by atoms with Crippen molar-refractivity contribution in [1.29, 1.82) is 0 Å². The Bertz CT molecular complexity index is 954. The van der Waals surface area contributed by atoms with Crippen molar-refractivity contribution >= 4 is 19.8 Å². The zero-order valence-corrected chi connectivity index (χ0v) is 31.1. The van der Waals surface area contributed by atoms with E-state index in [9.17, 15) is 19.0 Å². The van der Waals surface area contributed by atoms with Crippen molar-refractivity contribution in [2.24, 2.45) is 0 Å². The molecular formula is C37H67NO8P+. The lowest BCUT2D eigenvalue weighted by molar-refractivity contribution is -0.870. The lowest BCUT2D eigenvalue weighted by atomic mass is 10.1. The van der Waals surface area contributed by atoms with Gasteiger partial charge in [-0.1, -0.05) is 107 Å². The normalized spacial score (nSPS) is 14.4. The summed E-state index contributed by atoms with van der Waals surface area (Å²) in [7, 11) is 1.44. The molecule has 1 N–H and O–H groups in total. The van der Waals surface area contributed by atoms with Crippen molar-refractivity contribution in [3.05, 3.63) is 48.6 Å². The fourth-order valence-corrected chi connectivity index (χ4v) is 5.04. The first-order valence-corrected chi connectivity index (χ1v) is 19.4. The summed E-state index contributed by atoms with van der Waals surface area (Å²) in [6.45, 7) is 4.19. The number of nitrogens with zero attached hydrogens (tertiary/aromatic N) is 1. The summed E-state index contributed by atoms with van der Waals surface area (Å²) in [6.07, 6.45) is 31.8. The molecule has 10 heteroatoms. The Kier molecular flexibility index (Phi) is 28.8. The molecule has 0 amide bonds. The fraction of sp³-hybridized carbons (Fsp3) is 0.730. The SMILES string of the molecule is CC/C=C/C/C=C/C/C=C/C/C=C/CCCCC(=O)O[C@H](COC(=O)CCCCCCCCCC)COP(=O)(O)OCC[N+](C)(C)C. The van der Waals surface area contributed by atoms with Crippen LogP contribution in [0.3, 0.4) is 0 Å². The maximum absolute atomic E-state index is 12.6. The standard InChI is InChI=1S/C37H66NO8P/c1-6-8-10-12-14-16-17-18-19-20-21-22-24-26-28-30-37(40)46-35(34-45-47(41,42)44-32-31-38(3,4)5)33-43-36(39)29-27-25-23-15-13-11-9-7-2/h8,10,14,16,18-19,21-22,35H,6-7,9,11-13,15,17,20,23-34H2,1-5H3/p+1/b10-8+,16-14+,19-18+,22-21+/t35-/m1/s1. The van der Waals surface area contributed by atoms with Gasteiger partial charge >= 0.3 is 19.8 Å². The second kappa shape index (κ2) is 30.1. The molecule has 2 atom stereocenters. The molecule has 0 aliphatic carbocycles. The summed E-state index contributed by atoms with van der Waals surface area (Å²) in [5, 5.41) is 0. The molecule has 0 radical (unpaired) electrons. The van der Waals surface area contributed by atoms with Gasteiger partial charge in [0.05, 0.1) is 27.7 Å². The summed E-state index contributed by atoms with van der Waals surface area (Å²) in [5.41, 5.74) is 0. The maximum Gasteiger partial charge on any atom is 0.472 e. The Labute approximate surface area is 286 Å². The number of quaternary nitrogens is 1. The van der Waals surface area contributed by atoms with Crippen LogP contribution in [0.4, 0.5) is 0 Å². The van der Waals surface area contributed by atoms with Gasteiger partial charge in [-0.25, -0.2) is 4.57 Å². The molecule has 0 spiro atoms. The predicted molar refractivity (Wildman–Crippen MR) is 192 cm³/mol. The Morgan fingerprint density at radius 1 is 0.681 bits per heavy atom. The molecule has 0 heterocycles. The van der Waals surface area contributed by atoms with Crippen molar-refractivity contribution in [3.8, 4) is 0 Å². The van der Waals surface area contributed by atoms with E-state index in [0.717, 1.165) is 57.8 Å². The Morgan fingerprint density at radius 3 is 1.81 bits per heavy atom. The molecule has 0 aliphatic heterocycles. The van der Waals surface area contributed by atoms with Crippen LogP contribution in [0, 0.1) is 0 Å². The molecule has 0 fully saturated rings. The highest BCUT2D eigenvalue weighted by Gasteiger charge is 2.27. The zero-order chi connectivity index (χ0) is 35.1. The molecule has 272 valence electrons. The second-order valence-corrected chi connectivity index (χ2v) is 14.3. The zero-order valence-electron chi connectivity index (χ0n) is 30.2. The molecule has 47 heavy (non-hydrogen) atoms. The van der Waals surface area contributed by atoms with Crippen molar-refractivity contribution in [2.75, 3.05) is 47.5 Å². The van der Waals surface area contributed by atoms with E-state index in [1.165, 1.54) is 32.1 Å². The minimum Gasteiger partial charge on any atom is -0.462 e. The average Bonchev–Trinajstić information content (AvgIpc) is 3.01. The molecule has 0 bridgehead atoms. The van der Waals surface area contributed by atoms with Crippen molar-refractivity contribution in [2.45, 2.75) is 129 Å². The summed E-state index contributed by atoms with van der Waals surface area (Å²) >= 11 is 0. The third-order valence-electron chi connectivity index (χ3n) is 7.12. The number of phosphoric acid groups is 1. The highest BCUT2D eigenvalue weighted by Crippen LogP contribution is 2.43. The van der Waals surface area contributed by atoms with Gasteiger partial charge in [-0.05, 0) is 51.4 Å². The summed E-state index contributed by atoms with van der Waals surface area (Å²) < 4.78 is 34.0. The highest BCUT2D eigenvalue weighted by atomic mass is 31.2. The maximum atomic E-state index is 12.6. The molecule has 9 nitrogen and oxygen atoms in total. The molecule has 0 aromatic heterocycles. The van der Waals surface area contributed by atoms with Gasteiger partial charge in [0.2, 0.25) is 0 Å². The first kappa shape index (κ1) is 45.0. The van der Waals surface area contributed by atoms with Crippen LogP contribution in [-0.4, -0.2) is 74.9 Å². The number of ether oxygens (including phenoxy) is 2. The minimum absolute atomic E-state index is 0.0224. The van der Waals surface area contributed by atoms with E-state index in [1.807, 2.05) is 21.1 Å². The van der Waals surface area contributed by atoms with E-state index in [4.69, 9.17) is 18.5 Å². The molecule has 0 aliphatic rings. The number of allylic oxidation sites excluding steroid dienone is 8. The first-order chi connectivity index (χ1) is 22.5. The highest BCUT2D eigenvalue weighted by molar-refractivity contribution is 7.47. The first-order valence-electron chi connectivity index (χ1n) is 17.9. The lowest BCUT2D eigenvalue weighted by Crippen LogP contribution is -2.37. The van der Waals surface area contributed by atoms with Crippen LogP contribution in [0.1, 0.15) is 123 Å². The number of hydrogen-bond donors (Lipinski definition) is 1. The number of rotatable bonds is 31.